The van der Waals surface area contributed by atoms with E-state index >= 15 is 0 Å². The molecule has 1 amide bonds. The minimum Gasteiger partial charge on any atom is -0.303 e. The number of hydrogen-bond acceptors (Lipinski definition) is 2. The maximum atomic E-state index is 10.3. The van der Waals surface area contributed by atoms with Crippen molar-refractivity contribution in [1.29, 1.82) is 0 Å². The maximum Gasteiger partial charge on any atom is 0.238 e. The van der Waals surface area contributed by atoms with E-state index in [0.717, 1.165) is 6.29 Å². The Balaban J connectivity index is 3.85. The van der Waals surface area contributed by atoms with Crippen LogP contribution in [0.4, 0.5) is 0 Å². The van der Waals surface area contributed by atoms with Crippen molar-refractivity contribution in [2.45, 2.75) is 26.7 Å². The average molecular weight is 142 g/mol. The van der Waals surface area contributed by atoms with E-state index in [0.29, 0.717) is 6.42 Å². The molecule has 0 unspecified atom stereocenters. The summed E-state index contributed by atoms with van der Waals surface area (Å²) in [5.74, 6) is -0.605. The first kappa shape index (κ1) is 9.14. The van der Waals surface area contributed by atoms with Gasteiger partial charge in [-0.2, -0.15) is 0 Å². The van der Waals surface area contributed by atoms with Crippen molar-refractivity contribution in [3.8, 4) is 0 Å². The zero-order valence-corrected chi connectivity index (χ0v) is 6.31. The zero-order valence-electron chi connectivity index (χ0n) is 6.31. The molecule has 0 fully saturated rings. The van der Waals surface area contributed by atoms with Crippen molar-refractivity contribution in [3.05, 3.63) is 0 Å². The molecule has 0 aromatic rings. The van der Waals surface area contributed by atoms with Gasteiger partial charge < -0.3 is 4.79 Å². The fraction of sp³-hybridized carbons (Fsp3) is 0.714. The SMILES string of the molecule is CC(C)(CC=O)CC([NH])=O. The van der Waals surface area contributed by atoms with Crippen LogP contribution in [0.15, 0.2) is 0 Å². The van der Waals surface area contributed by atoms with E-state index in [9.17, 15) is 9.59 Å². The van der Waals surface area contributed by atoms with Crippen LogP contribution in [-0.2, 0) is 9.59 Å². The van der Waals surface area contributed by atoms with Crippen molar-refractivity contribution in [2.75, 3.05) is 0 Å². The van der Waals surface area contributed by atoms with Crippen molar-refractivity contribution in [1.82, 2.24) is 5.73 Å². The Labute approximate surface area is 60.6 Å². The first-order chi connectivity index (χ1) is 4.48. The third kappa shape index (κ3) is 4.06. The summed E-state index contributed by atoms with van der Waals surface area (Å²) in [7, 11) is 0. The molecule has 0 heterocycles. The zero-order chi connectivity index (χ0) is 8.20. The van der Waals surface area contributed by atoms with Crippen LogP contribution in [-0.4, -0.2) is 12.2 Å². The molecule has 0 spiro atoms. The monoisotopic (exact) mass is 142 g/mol. The summed E-state index contributed by atoms with van der Waals surface area (Å²) >= 11 is 0. The minimum absolute atomic E-state index is 0.158. The molecule has 1 radical (unpaired) electrons. The second-order valence-electron chi connectivity index (χ2n) is 3.13. The second kappa shape index (κ2) is 3.34. The summed E-state index contributed by atoms with van der Waals surface area (Å²) in [5, 5.41) is 0. The highest BCUT2D eigenvalue weighted by Crippen LogP contribution is 2.22. The summed E-state index contributed by atoms with van der Waals surface area (Å²) in [4.78, 5) is 20.3. The topological polar surface area (TPSA) is 57.9 Å². The Bertz CT molecular complexity index is 141. The van der Waals surface area contributed by atoms with Crippen molar-refractivity contribution >= 4 is 12.2 Å². The Morgan fingerprint density at radius 2 is 2.10 bits per heavy atom. The van der Waals surface area contributed by atoms with Crippen molar-refractivity contribution in [3.63, 3.8) is 0 Å². The van der Waals surface area contributed by atoms with E-state index in [4.69, 9.17) is 5.73 Å². The number of amides is 1. The van der Waals surface area contributed by atoms with Gasteiger partial charge in [0.2, 0.25) is 5.91 Å². The number of hydrogen-bond donors (Lipinski definition) is 0. The lowest BCUT2D eigenvalue weighted by atomic mass is 9.86. The fourth-order valence-electron chi connectivity index (χ4n) is 0.732. The molecule has 0 atom stereocenters. The first-order valence-electron chi connectivity index (χ1n) is 3.16. The molecule has 0 aliphatic carbocycles. The van der Waals surface area contributed by atoms with Gasteiger partial charge in [0.05, 0.1) is 0 Å². The third-order valence-electron chi connectivity index (χ3n) is 1.28. The van der Waals surface area contributed by atoms with Gasteiger partial charge in [-0.25, -0.2) is 0 Å². The summed E-state index contributed by atoms with van der Waals surface area (Å²) in [6.45, 7) is 3.60. The van der Waals surface area contributed by atoms with Gasteiger partial charge >= 0.3 is 0 Å². The van der Waals surface area contributed by atoms with Crippen LogP contribution < -0.4 is 5.73 Å². The van der Waals surface area contributed by atoms with Gasteiger partial charge in [0.25, 0.3) is 0 Å². The molecule has 1 N–H and O–H groups in total. The van der Waals surface area contributed by atoms with E-state index in [1.54, 1.807) is 13.8 Å². The van der Waals surface area contributed by atoms with E-state index in [2.05, 4.69) is 0 Å². The van der Waals surface area contributed by atoms with Gasteiger partial charge in [-0.3, -0.25) is 10.5 Å². The van der Waals surface area contributed by atoms with Crippen LogP contribution in [0.5, 0.6) is 0 Å². The number of carbonyl (C=O) groups is 2. The normalized spacial score (nSPS) is 11.0. The average Bonchev–Trinajstić information content (AvgIpc) is 1.59. The van der Waals surface area contributed by atoms with Crippen LogP contribution >= 0.6 is 0 Å². The quantitative estimate of drug-likeness (QED) is 0.545. The molecule has 0 saturated heterocycles. The van der Waals surface area contributed by atoms with Crippen LogP contribution in [0, 0.1) is 5.41 Å². The van der Waals surface area contributed by atoms with E-state index < -0.39 is 5.91 Å². The number of rotatable bonds is 4. The number of aldehydes is 1. The molecule has 0 aliphatic rings. The Morgan fingerprint density at radius 3 is 2.40 bits per heavy atom. The highest BCUT2D eigenvalue weighted by atomic mass is 16.1. The van der Waals surface area contributed by atoms with E-state index in [1.807, 2.05) is 0 Å². The third-order valence-corrected chi connectivity index (χ3v) is 1.28. The highest BCUT2D eigenvalue weighted by Gasteiger charge is 2.19. The molecule has 0 aliphatic heterocycles. The highest BCUT2D eigenvalue weighted by molar-refractivity contribution is 5.74. The lowest BCUT2D eigenvalue weighted by molar-refractivity contribution is -0.121. The minimum atomic E-state index is -0.605. The van der Waals surface area contributed by atoms with Gasteiger partial charge in [-0.05, 0) is 5.41 Å². The molecule has 3 nitrogen and oxygen atoms in total. The molecule has 0 rings (SSSR count). The van der Waals surface area contributed by atoms with Gasteiger partial charge in [-0.1, -0.05) is 13.8 Å². The smallest absolute Gasteiger partial charge is 0.238 e. The van der Waals surface area contributed by atoms with Gasteiger partial charge in [-0.15, -0.1) is 0 Å². The van der Waals surface area contributed by atoms with E-state index in [-0.39, 0.29) is 11.8 Å². The summed E-state index contributed by atoms with van der Waals surface area (Å²) in [6, 6.07) is 0. The Kier molecular flexibility index (Phi) is 3.06. The van der Waals surface area contributed by atoms with Crippen LogP contribution in [0.3, 0.4) is 0 Å². The van der Waals surface area contributed by atoms with Crippen molar-refractivity contribution in [2.24, 2.45) is 5.41 Å². The maximum absolute atomic E-state index is 10.3. The predicted molar refractivity (Wildman–Crippen MR) is 37.2 cm³/mol. The Morgan fingerprint density at radius 1 is 1.60 bits per heavy atom. The van der Waals surface area contributed by atoms with Gasteiger partial charge in [0.15, 0.2) is 0 Å². The summed E-state index contributed by atoms with van der Waals surface area (Å²) < 4.78 is 0. The molecular formula is C7H12NO2. The molecule has 0 aromatic heterocycles. The molecule has 0 aromatic carbocycles. The molecule has 10 heavy (non-hydrogen) atoms. The van der Waals surface area contributed by atoms with Crippen LogP contribution in [0.25, 0.3) is 0 Å². The number of nitrogens with one attached hydrogen (secondary N) is 1. The van der Waals surface area contributed by atoms with Gasteiger partial charge in [0, 0.05) is 12.8 Å². The van der Waals surface area contributed by atoms with Crippen LogP contribution in [0.1, 0.15) is 26.7 Å². The fourth-order valence-corrected chi connectivity index (χ4v) is 0.732. The number of carbonyl (C=O) groups excluding carboxylic acids is 2. The second-order valence-corrected chi connectivity index (χ2v) is 3.13. The summed E-state index contributed by atoms with van der Waals surface area (Å²) in [5.41, 5.74) is 6.32. The Hall–Kier alpha value is -0.860. The van der Waals surface area contributed by atoms with Crippen LogP contribution in [0.2, 0.25) is 0 Å². The molecule has 57 valence electrons. The van der Waals surface area contributed by atoms with Crippen molar-refractivity contribution < 1.29 is 9.59 Å². The molecular weight excluding hydrogens is 130 g/mol. The van der Waals surface area contributed by atoms with Gasteiger partial charge in [0.1, 0.15) is 6.29 Å². The molecule has 3 heteroatoms. The first-order valence-corrected chi connectivity index (χ1v) is 3.16. The summed E-state index contributed by atoms with van der Waals surface area (Å²) in [6.07, 6.45) is 1.28. The largest absolute Gasteiger partial charge is 0.303 e. The van der Waals surface area contributed by atoms with E-state index in [1.165, 1.54) is 0 Å². The molecule has 0 saturated carbocycles. The predicted octanol–water partition coefficient (Wildman–Crippen LogP) is 0.801. The standard InChI is InChI=1S/C7H12NO2/c1-7(2,3-4-9)5-6(8)10/h4,8H,3,5H2,1-2H3. The lowest BCUT2D eigenvalue weighted by Crippen LogP contribution is -2.17. The molecule has 0 bridgehead atoms. The lowest BCUT2D eigenvalue weighted by Gasteiger charge is -2.18.